The lowest BCUT2D eigenvalue weighted by Crippen LogP contribution is -2.31. The van der Waals surface area contributed by atoms with Gasteiger partial charge in [0.2, 0.25) is 10.9 Å². The number of rotatable bonds is 14. The van der Waals surface area contributed by atoms with Gasteiger partial charge in [0.15, 0.2) is 38.7 Å². The van der Waals surface area contributed by atoms with E-state index >= 15 is 0 Å². The molecule has 248 valence electrons. The molecular weight excluding hydrogens is 674 g/mol. The molecule has 0 saturated heterocycles. The second-order valence-electron chi connectivity index (χ2n) is 10.9. The lowest BCUT2D eigenvalue weighted by molar-refractivity contribution is -0.117. The molecule has 1 N–H and O–H groups in total. The zero-order chi connectivity index (χ0) is 33.8. The van der Waals surface area contributed by atoms with Crippen LogP contribution in [0.4, 0.5) is 5.13 Å². The first kappa shape index (κ1) is 33.4. The summed E-state index contributed by atoms with van der Waals surface area (Å²) in [6.07, 6.45) is 2.97. The number of halogens is 1. The monoisotopic (exact) mass is 705 g/mol. The molecule has 1 aliphatic heterocycles. The van der Waals surface area contributed by atoms with E-state index in [-0.39, 0.29) is 16.5 Å². The van der Waals surface area contributed by atoms with Crippen molar-refractivity contribution in [3.05, 3.63) is 100.0 Å². The molecule has 0 saturated carbocycles. The maximum Gasteiger partial charge on any atom is 0.296 e. The molecule has 3 heterocycles. The number of anilines is 1. The number of Topliss-reactive ketones (excluding diaryl/α,β-unsaturated/α-hetero) is 1. The SMILES string of the molecule is CCCCCOc1ccc(C2C(C(=O)c3cc4cccc(OC)c4o3)=C(O)C(=O)N2c2nnc(SCc3ccccc3Cl)s2)cc1OC. The maximum absolute atomic E-state index is 14.2. The van der Waals surface area contributed by atoms with Gasteiger partial charge in [0.05, 0.1) is 32.4 Å². The number of aromatic nitrogens is 2. The Hall–Kier alpha value is -4.52. The number of aliphatic hydroxyl groups excluding tert-OH is 1. The molecule has 48 heavy (non-hydrogen) atoms. The van der Waals surface area contributed by atoms with Gasteiger partial charge in [-0.25, -0.2) is 0 Å². The van der Waals surface area contributed by atoms with Gasteiger partial charge < -0.3 is 23.7 Å². The molecule has 6 rings (SSSR count). The Labute approximate surface area is 290 Å². The molecule has 13 heteroatoms. The number of thioether (sulfide) groups is 1. The zero-order valence-corrected chi connectivity index (χ0v) is 28.8. The molecular formula is C35H32ClN3O7S2. The average Bonchev–Trinajstić information content (AvgIpc) is 3.82. The van der Waals surface area contributed by atoms with E-state index in [9.17, 15) is 14.7 Å². The van der Waals surface area contributed by atoms with Crippen molar-refractivity contribution in [2.24, 2.45) is 0 Å². The van der Waals surface area contributed by atoms with Gasteiger partial charge in [-0.05, 0) is 47.9 Å². The number of unbranched alkanes of at least 4 members (excludes halogenated alkanes) is 2. The fourth-order valence-electron chi connectivity index (χ4n) is 5.41. The molecule has 3 aromatic carbocycles. The van der Waals surface area contributed by atoms with Crippen LogP contribution < -0.4 is 19.1 Å². The number of amides is 1. The third kappa shape index (κ3) is 6.60. The summed E-state index contributed by atoms with van der Waals surface area (Å²) in [5.41, 5.74) is 1.62. The number of benzene rings is 3. The number of nitrogens with zero attached hydrogens (tertiary/aromatic N) is 3. The van der Waals surface area contributed by atoms with Gasteiger partial charge in [0, 0.05) is 16.2 Å². The molecule has 0 bridgehead atoms. The summed E-state index contributed by atoms with van der Waals surface area (Å²) in [6, 6.07) is 18.4. The number of carbonyl (C=O) groups is 2. The summed E-state index contributed by atoms with van der Waals surface area (Å²) in [5, 5.41) is 21.4. The van der Waals surface area contributed by atoms with Crippen molar-refractivity contribution >= 4 is 62.5 Å². The fourth-order valence-corrected chi connectivity index (χ4v) is 7.57. The highest BCUT2D eigenvalue weighted by Gasteiger charge is 2.47. The number of carbonyl (C=O) groups excluding carboxylic acids is 2. The third-order valence-corrected chi connectivity index (χ3v) is 10.3. The van der Waals surface area contributed by atoms with Crippen LogP contribution >= 0.6 is 34.7 Å². The smallest absolute Gasteiger partial charge is 0.296 e. The van der Waals surface area contributed by atoms with Crippen molar-refractivity contribution in [2.75, 3.05) is 25.7 Å². The second kappa shape index (κ2) is 14.7. The van der Waals surface area contributed by atoms with Crippen molar-refractivity contribution in [1.82, 2.24) is 10.2 Å². The van der Waals surface area contributed by atoms with Crippen molar-refractivity contribution in [3.8, 4) is 17.2 Å². The molecule has 1 atom stereocenters. The van der Waals surface area contributed by atoms with Gasteiger partial charge in [0.1, 0.15) is 0 Å². The standard InChI is InChI=1S/C35H32ClN3O7S2/c1-4-5-8-16-45-24-15-14-20(17-26(24)44-3)29-28(30(40)27-18-21-11-9-13-25(43-2)32(21)46-27)31(41)33(42)39(29)34-37-38-35(48-34)47-19-22-10-6-7-12-23(22)36/h6-7,9-15,17-18,29,41H,4-5,8,16,19H2,1-3H3. The molecule has 0 fully saturated rings. The topological polar surface area (TPSA) is 124 Å². The predicted molar refractivity (Wildman–Crippen MR) is 186 cm³/mol. The average molecular weight is 706 g/mol. The number of aliphatic hydroxyl groups is 1. The number of fused-ring (bicyclic) bond motifs is 1. The summed E-state index contributed by atoms with van der Waals surface area (Å²) >= 11 is 8.92. The minimum Gasteiger partial charge on any atom is -0.503 e. The minimum atomic E-state index is -1.09. The number of para-hydroxylation sites is 1. The maximum atomic E-state index is 14.2. The van der Waals surface area contributed by atoms with Crippen LogP contribution in [-0.2, 0) is 10.5 Å². The predicted octanol–water partition coefficient (Wildman–Crippen LogP) is 8.60. The van der Waals surface area contributed by atoms with Crippen molar-refractivity contribution < 1.29 is 33.3 Å². The van der Waals surface area contributed by atoms with Crippen molar-refractivity contribution in [3.63, 3.8) is 0 Å². The highest BCUT2D eigenvalue weighted by Crippen LogP contribution is 2.46. The Kier molecular flexibility index (Phi) is 10.2. The fraction of sp³-hybridized carbons (Fsp3) is 0.257. The number of ether oxygens (including phenoxy) is 3. The van der Waals surface area contributed by atoms with Gasteiger partial charge in [-0.15, -0.1) is 10.2 Å². The Balaban J connectivity index is 1.38. The van der Waals surface area contributed by atoms with Gasteiger partial charge in [-0.1, -0.05) is 90.9 Å². The lowest BCUT2D eigenvalue weighted by atomic mass is 9.95. The Morgan fingerprint density at radius 3 is 2.60 bits per heavy atom. The first-order chi connectivity index (χ1) is 23.3. The number of hydrogen-bond donors (Lipinski definition) is 1. The molecule has 2 aromatic heterocycles. The van der Waals surface area contributed by atoms with Crippen LogP contribution in [0.2, 0.25) is 5.02 Å². The van der Waals surface area contributed by atoms with E-state index in [1.165, 1.54) is 30.9 Å². The number of furan rings is 1. The van der Waals surface area contributed by atoms with Gasteiger partial charge in [-0.2, -0.15) is 0 Å². The number of hydrogen-bond acceptors (Lipinski definition) is 11. The second-order valence-corrected chi connectivity index (χ2v) is 13.4. The highest BCUT2D eigenvalue weighted by molar-refractivity contribution is 8.00. The van der Waals surface area contributed by atoms with E-state index in [1.807, 2.05) is 24.3 Å². The molecule has 1 aliphatic rings. The molecule has 10 nitrogen and oxygen atoms in total. The number of methoxy groups -OCH3 is 2. The van der Waals surface area contributed by atoms with Crippen LogP contribution in [0.25, 0.3) is 11.0 Å². The van der Waals surface area contributed by atoms with Crippen LogP contribution in [0.1, 0.15) is 53.9 Å². The molecule has 1 unspecified atom stereocenters. The van der Waals surface area contributed by atoms with E-state index in [0.29, 0.717) is 55.5 Å². The van der Waals surface area contributed by atoms with Crippen LogP contribution in [-0.4, -0.2) is 47.8 Å². The largest absolute Gasteiger partial charge is 0.503 e. The summed E-state index contributed by atoms with van der Waals surface area (Å²) in [5.74, 6) is -0.322. The molecule has 5 aromatic rings. The normalized spacial score (nSPS) is 14.6. The van der Waals surface area contributed by atoms with Crippen LogP contribution in [0.15, 0.2) is 86.8 Å². The van der Waals surface area contributed by atoms with Crippen molar-refractivity contribution in [1.29, 1.82) is 0 Å². The first-order valence-electron chi connectivity index (χ1n) is 15.2. The van der Waals surface area contributed by atoms with Gasteiger partial charge >= 0.3 is 0 Å². The highest BCUT2D eigenvalue weighted by atomic mass is 35.5. The summed E-state index contributed by atoms with van der Waals surface area (Å²) in [7, 11) is 3.02. The van der Waals surface area contributed by atoms with E-state index < -0.39 is 23.5 Å². The lowest BCUT2D eigenvalue weighted by Gasteiger charge is -2.24. The quantitative estimate of drug-likeness (QED) is 0.0520. The van der Waals surface area contributed by atoms with Crippen LogP contribution in [0, 0.1) is 0 Å². The van der Waals surface area contributed by atoms with E-state index in [4.69, 9.17) is 30.2 Å². The van der Waals surface area contributed by atoms with Crippen LogP contribution in [0.3, 0.4) is 0 Å². The number of ketones is 1. The molecule has 1 amide bonds. The van der Waals surface area contributed by atoms with Gasteiger partial charge in [-0.3, -0.25) is 14.5 Å². The minimum absolute atomic E-state index is 0.0632. The van der Waals surface area contributed by atoms with E-state index in [0.717, 1.165) is 36.2 Å². The summed E-state index contributed by atoms with van der Waals surface area (Å²) in [4.78, 5) is 29.3. The zero-order valence-electron chi connectivity index (χ0n) is 26.4. The first-order valence-corrected chi connectivity index (χ1v) is 17.4. The van der Waals surface area contributed by atoms with Gasteiger partial charge in [0.25, 0.3) is 5.91 Å². The van der Waals surface area contributed by atoms with E-state index in [2.05, 4.69) is 17.1 Å². The molecule has 0 aliphatic carbocycles. The van der Waals surface area contributed by atoms with Crippen molar-refractivity contribution in [2.45, 2.75) is 42.3 Å². The summed E-state index contributed by atoms with van der Waals surface area (Å²) < 4.78 is 23.6. The summed E-state index contributed by atoms with van der Waals surface area (Å²) in [6.45, 7) is 2.63. The molecule has 0 radical (unpaired) electrons. The Bertz CT molecular complexity index is 2010. The Morgan fingerprint density at radius 2 is 1.83 bits per heavy atom. The Morgan fingerprint density at radius 1 is 1.02 bits per heavy atom. The third-order valence-electron chi connectivity index (χ3n) is 7.82. The molecule has 0 spiro atoms. The van der Waals surface area contributed by atoms with E-state index in [1.54, 1.807) is 42.5 Å². The van der Waals surface area contributed by atoms with Crippen LogP contribution in [0.5, 0.6) is 17.2 Å².